The molecule has 232 valence electrons. The minimum atomic E-state index is -1.77. The fourth-order valence-corrected chi connectivity index (χ4v) is 7.15. The number of hydrogen-bond acceptors (Lipinski definition) is 8. The van der Waals surface area contributed by atoms with Crippen LogP contribution < -0.4 is 0 Å². The van der Waals surface area contributed by atoms with Crippen LogP contribution in [0.3, 0.4) is 0 Å². The summed E-state index contributed by atoms with van der Waals surface area (Å²) in [5.41, 5.74) is 0.101. The Kier molecular flexibility index (Phi) is 9.06. The van der Waals surface area contributed by atoms with E-state index >= 15 is 0 Å². The SMILES string of the molecule is CC[C@H](C)[C@H]1O[C@]2(C=C[C@@H]1C)C[C@@H]1C[C@@H](C/C=C(\C)[C@@H](O)[C@@H](C)/C=C/C=C3\CO[C@@H]4[C@H](O)C(C)=C[C@@H](C(=O)O1)[C@]34O)O2. The molecule has 0 aromatic carbocycles. The van der Waals surface area contributed by atoms with Crippen LogP contribution in [0.4, 0.5) is 0 Å². The molecule has 1 aliphatic carbocycles. The minimum absolute atomic E-state index is 0.0464. The lowest BCUT2D eigenvalue weighted by atomic mass is 9.71. The molecule has 4 heterocycles. The van der Waals surface area contributed by atoms with Crippen molar-refractivity contribution in [2.45, 2.75) is 115 Å². The van der Waals surface area contributed by atoms with Crippen LogP contribution >= 0.6 is 0 Å². The highest BCUT2D eigenvalue weighted by Gasteiger charge is 2.60. The smallest absolute Gasteiger partial charge is 0.316 e. The summed E-state index contributed by atoms with van der Waals surface area (Å²) < 4.78 is 25.5. The maximum atomic E-state index is 14.0. The molecule has 4 aliphatic heterocycles. The van der Waals surface area contributed by atoms with Crippen molar-refractivity contribution in [1.82, 2.24) is 0 Å². The Labute approximate surface area is 249 Å². The number of fused-ring (bicyclic) bond motifs is 2. The number of allylic oxidation sites excluding steroid dienone is 2. The van der Waals surface area contributed by atoms with Crippen molar-refractivity contribution in [3.63, 3.8) is 0 Å². The number of hydrogen-bond donors (Lipinski definition) is 3. The van der Waals surface area contributed by atoms with E-state index in [0.29, 0.717) is 36.3 Å². The Morgan fingerprint density at radius 3 is 2.55 bits per heavy atom. The van der Waals surface area contributed by atoms with Crippen LogP contribution in [0, 0.1) is 23.7 Å². The Morgan fingerprint density at radius 1 is 1.05 bits per heavy atom. The van der Waals surface area contributed by atoms with Crippen molar-refractivity contribution in [3.8, 4) is 0 Å². The van der Waals surface area contributed by atoms with Gasteiger partial charge in [-0.15, -0.1) is 0 Å². The van der Waals surface area contributed by atoms with Crippen molar-refractivity contribution in [2.24, 2.45) is 23.7 Å². The van der Waals surface area contributed by atoms with Crippen LogP contribution in [-0.4, -0.2) is 75.9 Å². The van der Waals surface area contributed by atoms with E-state index in [1.54, 1.807) is 25.2 Å². The summed E-state index contributed by atoms with van der Waals surface area (Å²) in [5.74, 6) is -2.35. The van der Waals surface area contributed by atoms with Crippen LogP contribution in [-0.2, 0) is 23.7 Å². The van der Waals surface area contributed by atoms with Gasteiger partial charge in [0.25, 0.3) is 0 Å². The lowest BCUT2D eigenvalue weighted by molar-refractivity contribution is -0.300. The third-order valence-electron chi connectivity index (χ3n) is 10.1. The average molecular weight is 585 g/mol. The van der Waals surface area contributed by atoms with E-state index in [-0.39, 0.29) is 30.7 Å². The number of carbonyl (C=O) groups excluding carboxylic acids is 1. The summed E-state index contributed by atoms with van der Waals surface area (Å²) in [6, 6.07) is 0. The van der Waals surface area contributed by atoms with Crippen molar-refractivity contribution >= 4 is 5.97 Å². The van der Waals surface area contributed by atoms with Crippen molar-refractivity contribution in [2.75, 3.05) is 6.61 Å². The predicted molar refractivity (Wildman–Crippen MR) is 158 cm³/mol. The van der Waals surface area contributed by atoms with E-state index < -0.39 is 47.7 Å². The average Bonchev–Trinajstić information content (AvgIpc) is 3.30. The van der Waals surface area contributed by atoms with Gasteiger partial charge in [0, 0.05) is 24.7 Å². The zero-order valence-corrected chi connectivity index (χ0v) is 25.7. The van der Waals surface area contributed by atoms with Gasteiger partial charge in [-0.3, -0.25) is 4.79 Å². The van der Waals surface area contributed by atoms with Crippen molar-refractivity contribution < 1.29 is 39.1 Å². The molecule has 1 spiro atoms. The number of carbonyl (C=O) groups is 1. The molecule has 0 amide bonds. The second kappa shape index (κ2) is 12.1. The summed E-state index contributed by atoms with van der Waals surface area (Å²) in [4.78, 5) is 14.0. The molecule has 5 rings (SSSR count). The molecule has 5 aliphatic rings. The Bertz CT molecular complexity index is 1180. The molecule has 2 fully saturated rings. The van der Waals surface area contributed by atoms with Gasteiger partial charge < -0.3 is 34.3 Å². The molecule has 0 saturated carbocycles. The van der Waals surface area contributed by atoms with Gasteiger partial charge in [-0.2, -0.15) is 0 Å². The maximum Gasteiger partial charge on any atom is 0.316 e. The van der Waals surface area contributed by atoms with E-state index in [4.69, 9.17) is 18.9 Å². The molecular formula is C34H48O8. The lowest BCUT2D eigenvalue weighted by Gasteiger charge is -2.48. The van der Waals surface area contributed by atoms with Gasteiger partial charge in [0.15, 0.2) is 5.79 Å². The first kappa shape index (κ1) is 31.4. The second-order valence-electron chi connectivity index (χ2n) is 13.2. The van der Waals surface area contributed by atoms with Crippen LogP contribution in [0.2, 0.25) is 0 Å². The number of rotatable bonds is 2. The minimum Gasteiger partial charge on any atom is -0.462 e. The largest absolute Gasteiger partial charge is 0.462 e. The van der Waals surface area contributed by atoms with Crippen molar-refractivity contribution in [3.05, 3.63) is 59.3 Å². The zero-order valence-electron chi connectivity index (χ0n) is 25.7. The monoisotopic (exact) mass is 584 g/mol. The maximum absolute atomic E-state index is 14.0. The van der Waals surface area contributed by atoms with Gasteiger partial charge in [-0.25, -0.2) is 0 Å². The van der Waals surface area contributed by atoms with E-state index in [1.807, 2.05) is 32.1 Å². The number of esters is 1. The van der Waals surface area contributed by atoms with E-state index in [9.17, 15) is 20.1 Å². The molecule has 12 atom stereocenters. The number of ether oxygens (including phenoxy) is 4. The highest BCUT2D eigenvalue weighted by molar-refractivity contribution is 5.78. The van der Waals surface area contributed by atoms with E-state index in [0.717, 1.165) is 12.0 Å². The second-order valence-corrected chi connectivity index (χ2v) is 13.2. The molecule has 42 heavy (non-hydrogen) atoms. The summed E-state index contributed by atoms with van der Waals surface area (Å²) in [6.45, 7) is 12.1. The molecule has 2 saturated heterocycles. The molecule has 3 N–H and O–H groups in total. The fourth-order valence-electron chi connectivity index (χ4n) is 7.15. The third kappa shape index (κ3) is 5.74. The standard InChI is InChI=1S/C34H48O8/c1-7-19(2)30-22(5)13-14-33(42-30)17-26-16-25(41-33)12-11-21(4)28(35)20(3)9-8-10-24-18-39-31-29(36)23(6)15-27(32(37)40-26)34(24,31)38/h8-11,13-15,19-20,22,25-31,35-36,38H,7,12,16-18H2,1-6H3/b9-8+,21-11+,24-10+/t19-,20-,22-,25+,26-,27-,28-,29+,30+,31+,33+,34+/m0/s1. The van der Waals surface area contributed by atoms with Gasteiger partial charge in [-0.1, -0.05) is 70.6 Å². The predicted octanol–water partition coefficient (Wildman–Crippen LogP) is 4.31. The van der Waals surface area contributed by atoms with E-state index in [1.165, 1.54) is 0 Å². The molecule has 0 unspecified atom stereocenters. The first-order chi connectivity index (χ1) is 19.9. The van der Waals surface area contributed by atoms with E-state index in [2.05, 4.69) is 26.8 Å². The molecular weight excluding hydrogens is 536 g/mol. The van der Waals surface area contributed by atoms with Gasteiger partial charge in [0.05, 0.1) is 24.9 Å². The molecule has 0 aromatic rings. The van der Waals surface area contributed by atoms with Crippen LogP contribution in [0.1, 0.15) is 67.2 Å². The van der Waals surface area contributed by atoms with Gasteiger partial charge in [-0.05, 0) is 49.0 Å². The quantitative estimate of drug-likeness (QED) is 0.325. The van der Waals surface area contributed by atoms with Gasteiger partial charge >= 0.3 is 5.97 Å². The summed E-state index contributed by atoms with van der Waals surface area (Å²) in [5, 5.41) is 34.0. The number of aliphatic hydroxyl groups excluding tert-OH is 2. The molecule has 0 radical (unpaired) electrons. The van der Waals surface area contributed by atoms with Crippen LogP contribution in [0.25, 0.3) is 0 Å². The molecule has 8 heteroatoms. The molecule has 2 bridgehead atoms. The first-order valence-corrected chi connectivity index (χ1v) is 15.6. The topological polar surface area (TPSA) is 115 Å². The summed E-state index contributed by atoms with van der Waals surface area (Å²) in [7, 11) is 0. The fraction of sp³-hybridized carbons (Fsp3) is 0.676. The summed E-state index contributed by atoms with van der Waals surface area (Å²) in [6.07, 6.45) is 11.7. The highest BCUT2D eigenvalue weighted by Crippen LogP contribution is 2.47. The van der Waals surface area contributed by atoms with Crippen LogP contribution in [0.15, 0.2) is 59.3 Å². The summed E-state index contributed by atoms with van der Waals surface area (Å²) >= 11 is 0. The Morgan fingerprint density at radius 2 is 1.81 bits per heavy atom. The Hall–Kier alpha value is -2.07. The molecule has 0 aromatic heterocycles. The van der Waals surface area contributed by atoms with Gasteiger partial charge in [0.1, 0.15) is 29.8 Å². The highest BCUT2D eigenvalue weighted by atomic mass is 16.7. The number of aliphatic hydroxyl groups is 3. The van der Waals surface area contributed by atoms with Crippen LogP contribution in [0.5, 0.6) is 0 Å². The first-order valence-electron chi connectivity index (χ1n) is 15.6. The molecule has 8 nitrogen and oxygen atoms in total. The van der Waals surface area contributed by atoms with Gasteiger partial charge in [0.2, 0.25) is 0 Å². The Balaban J connectivity index is 1.54. The lowest BCUT2D eigenvalue weighted by Crippen LogP contribution is -2.58. The zero-order chi connectivity index (χ0) is 30.4. The normalized spacial score (nSPS) is 48.3. The van der Waals surface area contributed by atoms with Crippen molar-refractivity contribution in [1.29, 1.82) is 0 Å². The third-order valence-corrected chi connectivity index (χ3v) is 10.1.